The van der Waals surface area contributed by atoms with Crippen LogP contribution >= 0.6 is 0 Å². The number of carboxylic acids is 1. The monoisotopic (exact) mass is 325 g/mol. The molecule has 2 aromatic rings. The maximum absolute atomic E-state index is 11.4. The summed E-state index contributed by atoms with van der Waals surface area (Å²) in [6.45, 7) is 3.25. The molecule has 2 aromatic carbocycles. The van der Waals surface area contributed by atoms with Gasteiger partial charge in [-0.2, -0.15) is 0 Å². The van der Waals surface area contributed by atoms with Gasteiger partial charge in [0.05, 0.1) is 24.5 Å². The van der Waals surface area contributed by atoms with Gasteiger partial charge in [0.25, 0.3) is 0 Å². The Morgan fingerprint density at radius 2 is 1.88 bits per heavy atom. The molecule has 0 aromatic heterocycles. The molecule has 0 amide bonds. The number of nitrogens with zero attached hydrogens (tertiary/aromatic N) is 2. The fourth-order valence-electron chi connectivity index (χ4n) is 2.51. The molecular formula is C18H17N2O4-. The van der Waals surface area contributed by atoms with Crippen molar-refractivity contribution in [1.29, 1.82) is 0 Å². The summed E-state index contributed by atoms with van der Waals surface area (Å²) in [6, 6.07) is 12.0. The topological polar surface area (TPSA) is 85.2 Å². The molecule has 1 aliphatic rings. The molecule has 3 rings (SSSR count). The van der Waals surface area contributed by atoms with Crippen molar-refractivity contribution >= 4 is 23.6 Å². The van der Waals surface area contributed by atoms with E-state index in [4.69, 9.17) is 9.84 Å². The minimum absolute atomic E-state index is 0.271. The van der Waals surface area contributed by atoms with E-state index in [1.54, 1.807) is 6.21 Å². The highest BCUT2D eigenvalue weighted by atomic mass is 16.5. The van der Waals surface area contributed by atoms with Crippen LogP contribution in [0.25, 0.3) is 0 Å². The van der Waals surface area contributed by atoms with Gasteiger partial charge in [0, 0.05) is 25.0 Å². The van der Waals surface area contributed by atoms with Gasteiger partial charge in [0.15, 0.2) is 0 Å². The first-order chi connectivity index (χ1) is 11.6. The SMILES string of the molecule is O=C(O)c1cc(N=Cc2ccc(N3CCOCC3)cc2)ccc1[O-]. The first-order valence-electron chi connectivity index (χ1n) is 7.65. The Kier molecular flexibility index (Phi) is 4.77. The molecular weight excluding hydrogens is 308 g/mol. The summed E-state index contributed by atoms with van der Waals surface area (Å²) in [6.07, 6.45) is 1.65. The lowest BCUT2D eigenvalue weighted by atomic mass is 10.1. The van der Waals surface area contributed by atoms with E-state index in [0.717, 1.165) is 37.6 Å². The number of ether oxygens (including phenoxy) is 1. The molecule has 1 heterocycles. The van der Waals surface area contributed by atoms with Crippen LogP contribution in [0.2, 0.25) is 0 Å². The number of morpholine rings is 1. The fraction of sp³-hybridized carbons (Fsp3) is 0.222. The lowest BCUT2D eigenvalue weighted by Gasteiger charge is -2.28. The van der Waals surface area contributed by atoms with Crippen LogP contribution in [-0.4, -0.2) is 43.6 Å². The second-order valence-corrected chi connectivity index (χ2v) is 5.43. The molecule has 0 radical (unpaired) electrons. The van der Waals surface area contributed by atoms with Gasteiger partial charge >= 0.3 is 5.97 Å². The minimum Gasteiger partial charge on any atom is -0.872 e. The van der Waals surface area contributed by atoms with E-state index in [9.17, 15) is 9.90 Å². The summed E-state index contributed by atoms with van der Waals surface area (Å²) in [7, 11) is 0. The van der Waals surface area contributed by atoms with Crippen molar-refractivity contribution in [2.75, 3.05) is 31.2 Å². The molecule has 0 spiro atoms. The average molecular weight is 325 g/mol. The first kappa shape index (κ1) is 16.0. The molecule has 0 aliphatic carbocycles. The largest absolute Gasteiger partial charge is 0.872 e. The number of hydrogen-bond acceptors (Lipinski definition) is 5. The summed E-state index contributed by atoms with van der Waals surface area (Å²) in [5.41, 5.74) is 2.20. The van der Waals surface area contributed by atoms with E-state index >= 15 is 0 Å². The van der Waals surface area contributed by atoms with E-state index in [1.807, 2.05) is 24.3 Å². The van der Waals surface area contributed by atoms with Crippen LogP contribution in [-0.2, 0) is 4.74 Å². The Hall–Kier alpha value is -2.86. The second kappa shape index (κ2) is 7.14. The minimum atomic E-state index is -1.24. The summed E-state index contributed by atoms with van der Waals surface area (Å²) in [5, 5.41) is 20.4. The van der Waals surface area contributed by atoms with Gasteiger partial charge in [-0.05, 0) is 29.8 Å². The predicted octanol–water partition coefficient (Wildman–Crippen LogP) is 2.05. The molecule has 0 bridgehead atoms. The van der Waals surface area contributed by atoms with Gasteiger partial charge in [0.2, 0.25) is 0 Å². The van der Waals surface area contributed by atoms with E-state index in [0.29, 0.717) is 5.69 Å². The van der Waals surface area contributed by atoms with E-state index in [1.165, 1.54) is 18.2 Å². The lowest BCUT2D eigenvalue weighted by molar-refractivity contribution is -0.268. The van der Waals surface area contributed by atoms with Gasteiger partial charge in [0.1, 0.15) is 0 Å². The van der Waals surface area contributed by atoms with Crippen LogP contribution in [0.4, 0.5) is 11.4 Å². The van der Waals surface area contributed by atoms with Gasteiger partial charge < -0.3 is 19.8 Å². The number of hydrogen-bond donors (Lipinski definition) is 1. The van der Waals surface area contributed by atoms with E-state index in [-0.39, 0.29) is 5.56 Å². The molecule has 1 N–H and O–H groups in total. The zero-order valence-electron chi connectivity index (χ0n) is 13.0. The third-order valence-electron chi connectivity index (χ3n) is 3.83. The highest BCUT2D eigenvalue weighted by Crippen LogP contribution is 2.22. The van der Waals surface area contributed by atoms with Gasteiger partial charge in [-0.25, -0.2) is 4.79 Å². The Labute approximate surface area is 139 Å². The number of rotatable bonds is 4. The average Bonchev–Trinajstić information content (AvgIpc) is 2.62. The molecule has 24 heavy (non-hydrogen) atoms. The fourth-order valence-corrected chi connectivity index (χ4v) is 2.51. The normalized spacial score (nSPS) is 14.9. The predicted molar refractivity (Wildman–Crippen MR) is 89.6 cm³/mol. The van der Waals surface area contributed by atoms with Crippen LogP contribution < -0.4 is 10.0 Å². The van der Waals surface area contributed by atoms with Gasteiger partial charge in [-0.3, -0.25) is 4.99 Å². The quantitative estimate of drug-likeness (QED) is 0.870. The smallest absolute Gasteiger partial charge is 0.335 e. The van der Waals surface area contributed by atoms with E-state index < -0.39 is 11.7 Å². The van der Waals surface area contributed by atoms with Crippen LogP contribution in [0.5, 0.6) is 5.75 Å². The Balaban J connectivity index is 1.72. The Morgan fingerprint density at radius 3 is 2.54 bits per heavy atom. The van der Waals surface area contributed by atoms with Crippen molar-refractivity contribution in [2.24, 2.45) is 4.99 Å². The van der Waals surface area contributed by atoms with Crippen LogP contribution in [0.1, 0.15) is 15.9 Å². The van der Waals surface area contributed by atoms with Crippen molar-refractivity contribution in [3.05, 3.63) is 53.6 Å². The molecule has 1 aliphatic heterocycles. The van der Waals surface area contributed by atoms with E-state index in [2.05, 4.69) is 9.89 Å². The van der Waals surface area contributed by atoms with Crippen LogP contribution in [0, 0.1) is 0 Å². The molecule has 1 fully saturated rings. The first-order valence-corrected chi connectivity index (χ1v) is 7.65. The number of anilines is 1. The lowest BCUT2D eigenvalue weighted by Crippen LogP contribution is -2.36. The number of benzene rings is 2. The number of aromatic carboxylic acids is 1. The molecule has 124 valence electrons. The third kappa shape index (κ3) is 3.72. The number of carbonyl (C=O) groups is 1. The van der Waals surface area contributed by atoms with Gasteiger partial charge in [-0.1, -0.05) is 23.9 Å². The van der Waals surface area contributed by atoms with Crippen molar-refractivity contribution in [3.63, 3.8) is 0 Å². The van der Waals surface area contributed by atoms with Crippen molar-refractivity contribution < 1.29 is 19.7 Å². The summed E-state index contributed by atoms with van der Waals surface area (Å²) >= 11 is 0. The zero-order chi connectivity index (χ0) is 16.9. The van der Waals surface area contributed by atoms with Crippen LogP contribution in [0.15, 0.2) is 47.5 Å². The third-order valence-corrected chi connectivity index (χ3v) is 3.83. The molecule has 0 unspecified atom stereocenters. The second-order valence-electron chi connectivity index (χ2n) is 5.43. The number of carboxylic acid groups (broad SMARTS) is 1. The summed E-state index contributed by atoms with van der Waals surface area (Å²) in [4.78, 5) is 17.5. The maximum Gasteiger partial charge on any atom is 0.335 e. The highest BCUT2D eigenvalue weighted by molar-refractivity contribution is 5.92. The molecule has 0 atom stereocenters. The van der Waals surface area contributed by atoms with Gasteiger partial charge in [-0.15, -0.1) is 0 Å². The Bertz CT molecular complexity index is 750. The molecule has 6 nitrogen and oxygen atoms in total. The van der Waals surface area contributed by atoms with Crippen molar-refractivity contribution in [1.82, 2.24) is 0 Å². The highest BCUT2D eigenvalue weighted by Gasteiger charge is 2.10. The molecule has 6 heteroatoms. The molecule has 1 saturated heterocycles. The van der Waals surface area contributed by atoms with Crippen LogP contribution in [0.3, 0.4) is 0 Å². The molecule has 0 saturated carbocycles. The standard InChI is InChI=1S/C18H18N2O4/c21-17-6-3-14(11-16(17)18(22)23)19-12-13-1-4-15(5-2-13)20-7-9-24-10-8-20/h1-6,11-12,21H,7-10H2,(H,22,23)/p-1. The Morgan fingerprint density at radius 1 is 1.17 bits per heavy atom. The van der Waals surface area contributed by atoms with Crippen molar-refractivity contribution in [2.45, 2.75) is 0 Å². The summed E-state index contributed by atoms with van der Waals surface area (Å²) < 4.78 is 5.34. The zero-order valence-corrected chi connectivity index (χ0v) is 13.0. The number of aliphatic imine (C=N–C) groups is 1. The summed E-state index contributed by atoms with van der Waals surface area (Å²) in [5.74, 6) is -1.76. The maximum atomic E-state index is 11.4. The van der Waals surface area contributed by atoms with Crippen molar-refractivity contribution in [3.8, 4) is 5.75 Å².